The smallest absolute Gasteiger partial charge is 0.426 e. The van der Waals surface area contributed by atoms with Gasteiger partial charge in [0.25, 0.3) is 0 Å². The van der Waals surface area contributed by atoms with E-state index in [1.807, 2.05) is 0 Å². The number of hydrogen-bond acceptors (Lipinski definition) is 4. The first kappa shape index (κ1) is 17.5. The predicted octanol–water partition coefficient (Wildman–Crippen LogP) is 3.54. The molecule has 0 saturated carbocycles. The number of carboxylic acid groups (broad SMARTS) is 1. The summed E-state index contributed by atoms with van der Waals surface area (Å²) < 4.78 is 75.6. The minimum Gasteiger partial charge on any atom is -0.478 e. The molecule has 0 saturated heterocycles. The number of carboxylic acids is 1. The van der Waals surface area contributed by atoms with Gasteiger partial charge in [0, 0.05) is 4.88 Å². The van der Waals surface area contributed by atoms with Gasteiger partial charge in [0.2, 0.25) is 0 Å². The van der Waals surface area contributed by atoms with E-state index in [4.69, 9.17) is 15.6 Å². The second kappa shape index (κ2) is 5.69. The molecule has 0 aromatic carbocycles. The van der Waals surface area contributed by atoms with Crippen molar-refractivity contribution in [3.05, 3.63) is 26.5 Å². The van der Waals surface area contributed by atoms with E-state index < -0.39 is 44.8 Å². The Hall–Kier alpha value is -2.53. The van der Waals surface area contributed by atoms with Crippen molar-refractivity contribution in [3.8, 4) is 12.1 Å². The first-order chi connectivity index (χ1) is 9.93. The molecule has 0 radical (unpaired) electrons. The zero-order valence-electron chi connectivity index (χ0n) is 10.0. The van der Waals surface area contributed by atoms with Crippen LogP contribution in [0.2, 0.25) is 0 Å². The van der Waals surface area contributed by atoms with E-state index in [1.165, 1.54) is 6.07 Å². The summed E-state index contributed by atoms with van der Waals surface area (Å²) in [6, 6.07) is 2.28. The molecular weight excluding hydrogens is 338 g/mol. The molecular formula is C11H2F6N2O2S. The Morgan fingerprint density at radius 3 is 1.91 bits per heavy atom. The third-order valence-electron chi connectivity index (χ3n) is 2.23. The zero-order valence-corrected chi connectivity index (χ0v) is 10.8. The van der Waals surface area contributed by atoms with Crippen molar-refractivity contribution < 1.29 is 36.2 Å². The highest BCUT2D eigenvalue weighted by atomic mass is 32.1. The number of halogens is 6. The second-order valence-electron chi connectivity index (χ2n) is 3.63. The highest BCUT2D eigenvalue weighted by Gasteiger charge is 2.41. The number of thiophene rings is 1. The molecule has 4 nitrogen and oxygen atoms in total. The molecule has 0 fully saturated rings. The molecule has 0 aliphatic heterocycles. The maximum Gasteiger partial charge on any atom is 0.426 e. The van der Waals surface area contributed by atoms with Crippen molar-refractivity contribution in [1.82, 2.24) is 0 Å². The van der Waals surface area contributed by atoms with Crippen LogP contribution < -0.4 is 0 Å². The van der Waals surface area contributed by atoms with Crippen LogP contribution in [0.25, 0.3) is 6.08 Å². The molecule has 1 aromatic heterocycles. The van der Waals surface area contributed by atoms with Crippen molar-refractivity contribution in [2.24, 2.45) is 0 Å². The van der Waals surface area contributed by atoms with Gasteiger partial charge in [0.15, 0.2) is 0 Å². The average Bonchev–Trinajstić information content (AvgIpc) is 2.71. The molecule has 0 atom stereocenters. The largest absolute Gasteiger partial charge is 0.478 e. The van der Waals surface area contributed by atoms with Gasteiger partial charge in [-0.15, -0.1) is 11.3 Å². The van der Waals surface area contributed by atoms with E-state index in [-0.39, 0.29) is 17.4 Å². The maximum atomic E-state index is 12.7. The summed E-state index contributed by atoms with van der Waals surface area (Å²) in [5, 5.41) is 25.9. The number of hydrogen-bond donors (Lipinski definition) is 1. The number of alkyl halides is 6. The molecule has 11 heteroatoms. The van der Waals surface area contributed by atoms with Gasteiger partial charge in [0.1, 0.15) is 22.6 Å². The van der Waals surface area contributed by atoms with Crippen LogP contribution in [-0.4, -0.2) is 17.3 Å². The molecule has 0 amide bonds. The standard InChI is InChI=1S/C11H2F6N2O2S/c12-10(13,14)6(9(20)21)1-7-4(2-18)5(3-19)8(22-7)11(15,16)17/h1H,(H,20,21). The SMILES string of the molecule is N#Cc1c(C=C(C(=O)O)C(F)(F)F)sc(C(F)(F)F)c1C#N. The maximum absolute atomic E-state index is 12.7. The van der Waals surface area contributed by atoms with Gasteiger partial charge in [-0.3, -0.25) is 0 Å². The number of rotatable bonds is 2. The zero-order chi connectivity index (χ0) is 17.3. The Labute approximate surface area is 122 Å². The summed E-state index contributed by atoms with van der Waals surface area (Å²) in [5.41, 5.74) is -4.25. The Bertz CT molecular complexity index is 730. The number of nitriles is 2. The fourth-order valence-electron chi connectivity index (χ4n) is 1.36. The Balaban J connectivity index is 3.71. The Morgan fingerprint density at radius 2 is 1.59 bits per heavy atom. The molecule has 116 valence electrons. The van der Waals surface area contributed by atoms with E-state index in [0.717, 1.165) is 6.07 Å². The average molecular weight is 340 g/mol. The van der Waals surface area contributed by atoms with E-state index in [9.17, 15) is 31.1 Å². The summed E-state index contributed by atoms with van der Waals surface area (Å²) in [4.78, 5) is 8.09. The fourth-order valence-corrected chi connectivity index (χ4v) is 2.38. The van der Waals surface area contributed by atoms with Crippen LogP contribution in [-0.2, 0) is 11.0 Å². The molecule has 1 rings (SSSR count). The minimum absolute atomic E-state index is 0.0956. The number of nitrogens with zero attached hydrogens (tertiary/aromatic N) is 2. The van der Waals surface area contributed by atoms with Crippen LogP contribution >= 0.6 is 11.3 Å². The van der Waals surface area contributed by atoms with Crippen molar-refractivity contribution >= 4 is 23.4 Å². The summed E-state index contributed by atoms with van der Waals surface area (Å²) in [7, 11) is 0. The van der Waals surface area contributed by atoms with Crippen molar-refractivity contribution in [2.45, 2.75) is 12.4 Å². The van der Waals surface area contributed by atoms with Gasteiger partial charge in [-0.05, 0) is 6.08 Å². The van der Waals surface area contributed by atoms with Crippen molar-refractivity contribution in [3.63, 3.8) is 0 Å². The molecule has 1 aromatic rings. The lowest BCUT2D eigenvalue weighted by Gasteiger charge is -2.06. The summed E-state index contributed by atoms with van der Waals surface area (Å²) in [5.74, 6) is -2.42. The lowest BCUT2D eigenvalue weighted by Crippen LogP contribution is -2.19. The quantitative estimate of drug-likeness (QED) is 0.659. The van der Waals surface area contributed by atoms with E-state index in [2.05, 4.69) is 0 Å². The van der Waals surface area contributed by atoms with Crippen LogP contribution in [0.5, 0.6) is 0 Å². The lowest BCUT2D eigenvalue weighted by molar-refractivity contribution is -0.144. The topological polar surface area (TPSA) is 84.9 Å². The van der Waals surface area contributed by atoms with Gasteiger partial charge < -0.3 is 5.11 Å². The monoisotopic (exact) mass is 340 g/mol. The van der Waals surface area contributed by atoms with Crippen LogP contribution in [0.4, 0.5) is 26.3 Å². The van der Waals surface area contributed by atoms with E-state index in [1.54, 1.807) is 0 Å². The van der Waals surface area contributed by atoms with Crippen LogP contribution in [0, 0.1) is 22.7 Å². The second-order valence-corrected chi connectivity index (χ2v) is 4.68. The van der Waals surface area contributed by atoms with Gasteiger partial charge in [-0.2, -0.15) is 36.9 Å². The van der Waals surface area contributed by atoms with Gasteiger partial charge in [-0.25, -0.2) is 4.79 Å². The van der Waals surface area contributed by atoms with E-state index >= 15 is 0 Å². The Kier molecular flexibility index (Phi) is 4.53. The number of aliphatic carboxylic acids is 1. The molecule has 0 aliphatic carbocycles. The molecule has 0 spiro atoms. The third kappa shape index (κ3) is 3.38. The van der Waals surface area contributed by atoms with Crippen molar-refractivity contribution in [2.75, 3.05) is 0 Å². The molecule has 22 heavy (non-hydrogen) atoms. The Morgan fingerprint density at radius 1 is 1.09 bits per heavy atom. The van der Waals surface area contributed by atoms with Crippen LogP contribution in [0.3, 0.4) is 0 Å². The molecule has 1 N–H and O–H groups in total. The molecule has 0 aliphatic rings. The molecule has 0 unspecified atom stereocenters. The van der Waals surface area contributed by atoms with Gasteiger partial charge in [-0.1, -0.05) is 0 Å². The van der Waals surface area contributed by atoms with E-state index in [0.29, 0.717) is 0 Å². The first-order valence-corrected chi connectivity index (χ1v) is 5.81. The summed E-state index contributed by atoms with van der Waals surface area (Å²) in [6.45, 7) is 0. The number of carbonyl (C=O) groups is 1. The normalized spacial score (nSPS) is 12.6. The van der Waals surface area contributed by atoms with Crippen LogP contribution in [0.15, 0.2) is 5.57 Å². The third-order valence-corrected chi connectivity index (χ3v) is 3.41. The molecule has 1 heterocycles. The molecule has 0 bridgehead atoms. The highest BCUT2D eigenvalue weighted by molar-refractivity contribution is 7.13. The predicted molar refractivity (Wildman–Crippen MR) is 60.4 cm³/mol. The summed E-state index contributed by atoms with van der Waals surface area (Å²) in [6.07, 6.45) is -10.5. The lowest BCUT2D eigenvalue weighted by atomic mass is 10.1. The first-order valence-electron chi connectivity index (χ1n) is 4.99. The van der Waals surface area contributed by atoms with Gasteiger partial charge in [0.05, 0.1) is 11.1 Å². The summed E-state index contributed by atoms with van der Waals surface area (Å²) >= 11 is -0.306. The fraction of sp³-hybridized carbons (Fsp3) is 0.182. The highest BCUT2D eigenvalue weighted by Crippen LogP contribution is 2.41. The van der Waals surface area contributed by atoms with Gasteiger partial charge >= 0.3 is 18.3 Å². The minimum atomic E-state index is -5.34. The van der Waals surface area contributed by atoms with Crippen molar-refractivity contribution in [1.29, 1.82) is 10.5 Å². The van der Waals surface area contributed by atoms with Crippen LogP contribution in [0.1, 0.15) is 20.9 Å².